The third-order valence-corrected chi connectivity index (χ3v) is 15.0. The van der Waals surface area contributed by atoms with Gasteiger partial charge >= 0.3 is 24.2 Å². The molecule has 2 fully saturated rings. The first-order valence-electron chi connectivity index (χ1n) is 24.4. The molecule has 4 N–H and O–H groups in total. The van der Waals surface area contributed by atoms with E-state index in [2.05, 4.69) is 36.7 Å². The van der Waals surface area contributed by atoms with Crippen LogP contribution in [0.5, 0.6) is 6.01 Å². The number of ether oxygens (including phenoxy) is 3. The molecular formula is C52H50ClF5N10O8. The minimum atomic E-state index is -4.95. The van der Waals surface area contributed by atoms with Crippen LogP contribution in [0.15, 0.2) is 53.3 Å². The quantitative estimate of drug-likeness (QED) is 0.0681. The number of aliphatic hydroxyl groups is 1. The van der Waals surface area contributed by atoms with Crippen LogP contribution in [0.2, 0.25) is 5.02 Å². The summed E-state index contributed by atoms with van der Waals surface area (Å²) >= 11 is 6.68. The average Bonchev–Trinajstić information content (AvgIpc) is 4.08. The minimum Gasteiger partial charge on any atom is -0.462 e. The molecule has 0 spiro atoms. The van der Waals surface area contributed by atoms with Gasteiger partial charge < -0.3 is 44.3 Å². The number of fused-ring (bicyclic) bond motifs is 6. The summed E-state index contributed by atoms with van der Waals surface area (Å²) in [6.07, 6.45) is -5.55. The summed E-state index contributed by atoms with van der Waals surface area (Å²) in [5, 5.41) is 13.6. The van der Waals surface area contributed by atoms with Crippen molar-refractivity contribution in [2.75, 3.05) is 55.8 Å². The van der Waals surface area contributed by atoms with Crippen LogP contribution in [0.4, 0.5) is 44.1 Å². The van der Waals surface area contributed by atoms with Gasteiger partial charge in [0.2, 0.25) is 0 Å². The first-order valence-corrected chi connectivity index (χ1v) is 24.7. The number of piperazine rings is 1. The molecule has 4 atom stereocenters. The number of nitrogens with two attached hydrogens (primary N) is 1. The summed E-state index contributed by atoms with van der Waals surface area (Å²) in [7, 11) is 1.94. The van der Waals surface area contributed by atoms with Crippen LogP contribution in [0.25, 0.3) is 44.5 Å². The van der Waals surface area contributed by atoms with Crippen LogP contribution in [-0.2, 0) is 44.0 Å². The number of nitrogens with one attached hydrogen (secondary N) is 1. The molecule has 2 amide bonds. The predicted octanol–water partition coefficient (Wildman–Crippen LogP) is 7.63. The number of aromatic nitrogens is 5. The van der Waals surface area contributed by atoms with Crippen molar-refractivity contribution in [2.24, 2.45) is 0 Å². The lowest BCUT2D eigenvalue weighted by Crippen LogP contribution is -2.54. The Morgan fingerprint density at radius 1 is 1.07 bits per heavy atom. The number of esters is 1. The molecule has 6 aromatic rings. The molecule has 4 aliphatic rings. The molecular weight excluding hydrogens is 1020 g/mol. The Morgan fingerprint density at radius 3 is 2.53 bits per heavy atom. The van der Waals surface area contributed by atoms with Gasteiger partial charge in [-0.15, -0.1) is 0 Å². The number of cyclic esters (lactones) is 1. The second-order valence-electron chi connectivity index (χ2n) is 19.6. The van der Waals surface area contributed by atoms with Crippen molar-refractivity contribution in [1.82, 2.24) is 34.3 Å². The number of hydrogen-bond acceptors (Lipinski definition) is 15. The zero-order chi connectivity index (χ0) is 54.4. The summed E-state index contributed by atoms with van der Waals surface area (Å²) in [5.74, 6) is -3.64. The fourth-order valence-corrected chi connectivity index (χ4v) is 10.8. The standard InChI is InChI=1S/C52H50ClF5N10O8/c1-7-51(73)32-17-37-42-28(20-68(37)47(70)31(32)22-74-48(51)71)14-27-15-36(34(54)18-35(27)60-42)61-50(72)76-26(5)25(4)46(69)66-11-12-67(24(3)19-66)45-30-16-33(53)39(44-40(52(56,57)58)23(2)13-38(59)62-44)41(55)43(30)63-49(64-45)75-21-29-9-8-10-65(29)6/h13-18,24,26,29,73H,4,7-12,19-22H2,1-3,5-6H3,(H2,59,62)(H,61,72). The highest BCUT2D eigenvalue weighted by Gasteiger charge is 2.46. The molecule has 0 aliphatic carbocycles. The molecule has 398 valence electrons. The van der Waals surface area contributed by atoms with Gasteiger partial charge in [-0.3, -0.25) is 14.9 Å². The maximum atomic E-state index is 17.0. The number of hydrogen-bond donors (Lipinski definition) is 3. The number of likely N-dealkylation sites (N-methyl/N-ethyl adjacent to an activating group) is 1. The van der Waals surface area contributed by atoms with Gasteiger partial charge in [0.25, 0.3) is 11.5 Å². The van der Waals surface area contributed by atoms with Crippen LogP contribution in [-0.4, -0.2) is 115 Å². The van der Waals surface area contributed by atoms with Crippen LogP contribution in [0, 0.1) is 18.6 Å². The zero-order valence-corrected chi connectivity index (χ0v) is 42.5. The molecule has 4 aromatic heterocycles. The van der Waals surface area contributed by atoms with Crippen molar-refractivity contribution in [3.63, 3.8) is 0 Å². The van der Waals surface area contributed by atoms with E-state index in [1.165, 1.54) is 35.4 Å². The number of carbonyl (C=O) groups is 3. The Hall–Kier alpha value is -7.50. The van der Waals surface area contributed by atoms with E-state index in [1.54, 1.807) is 30.9 Å². The molecule has 18 nitrogen and oxygen atoms in total. The molecule has 4 unspecified atom stereocenters. The Morgan fingerprint density at radius 2 is 1.83 bits per heavy atom. The SMILES string of the molecule is C=C(C(=O)N1CCN(c2nc(OCC3CCCN3C)nc3c(F)c(-c4nc(N)cc(C)c4C(F)(F)F)c(Cl)cc23)C(C)C1)C(C)OC(=O)Nc1cc2cc3c(nc2cc1F)-c1cc2c(c(=O)n1C3)COC(=O)C2(O)CC. The van der Waals surface area contributed by atoms with Gasteiger partial charge in [-0.25, -0.2) is 28.3 Å². The van der Waals surface area contributed by atoms with Crippen LogP contribution < -0.4 is 26.2 Å². The van der Waals surface area contributed by atoms with Gasteiger partial charge in [0.05, 0.1) is 62.1 Å². The molecule has 2 saturated heterocycles. The van der Waals surface area contributed by atoms with Crippen LogP contribution in [0.3, 0.4) is 0 Å². The van der Waals surface area contributed by atoms with Crippen molar-refractivity contribution in [3.05, 3.63) is 103 Å². The van der Waals surface area contributed by atoms with E-state index in [1.807, 2.05) is 7.05 Å². The number of likely N-dealkylation sites (tertiary alicyclic amines) is 1. The molecule has 10 rings (SSSR count). The van der Waals surface area contributed by atoms with Crippen molar-refractivity contribution in [3.8, 4) is 28.7 Å². The minimum absolute atomic E-state index is 0.000202. The van der Waals surface area contributed by atoms with E-state index in [-0.39, 0.29) is 114 Å². The largest absolute Gasteiger partial charge is 0.462 e. The number of nitrogens with zero attached hydrogens (tertiary/aromatic N) is 8. The first kappa shape index (κ1) is 52.0. The van der Waals surface area contributed by atoms with Crippen molar-refractivity contribution in [1.29, 1.82) is 0 Å². The van der Waals surface area contributed by atoms with Crippen molar-refractivity contribution < 1.29 is 55.7 Å². The number of nitrogen functional groups attached to an aromatic ring is 1. The average molecular weight is 1070 g/mol. The molecule has 4 aliphatic heterocycles. The van der Waals surface area contributed by atoms with E-state index in [0.717, 1.165) is 31.5 Å². The lowest BCUT2D eigenvalue weighted by molar-refractivity contribution is -0.172. The van der Waals surface area contributed by atoms with Gasteiger partial charge in [0.1, 0.15) is 42.3 Å². The Labute approximate surface area is 435 Å². The Bertz CT molecular complexity index is 3540. The number of anilines is 3. The Kier molecular flexibility index (Phi) is 13.2. The number of rotatable bonds is 10. The topological polar surface area (TPSA) is 220 Å². The fourth-order valence-electron chi connectivity index (χ4n) is 10.6. The smallest absolute Gasteiger partial charge is 0.418 e. The predicted molar refractivity (Wildman–Crippen MR) is 270 cm³/mol. The van der Waals surface area contributed by atoms with E-state index >= 15 is 8.78 Å². The summed E-state index contributed by atoms with van der Waals surface area (Å²) in [5.41, 5.74) is 1.43. The van der Waals surface area contributed by atoms with Crippen LogP contribution in [0.1, 0.15) is 67.9 Å². The molecule has 0 bridgehead atoms. The molecule has 0 saturated carbocycles. The number of benzene rings is 2. The number of pyridine rings is 3. The third kappa shape index (κ3) is 8.95. The number of alkyl halides is 3. The molecule has 76 heavy (non-hydrogen) atoms. The molecule has 8 heterocycles. The summed E-state index contributed by atoms with van der Waals surface area (Å²) < 4.78 is 94.4. The zero-order valence-electron chi connectivity index (χ0n) is 41.7. The fraction of sp³-hybridized carbons (Fsp3) is 0.385. The Balaban J connectivity index is 0.850. The second-order valence-corrected chi connectivity index (χ2v) is 20.0. The number of carbonyl (C=O) groups excluding carboxylic acids is 3. The molecule has 24 heteroatoms. The number of amides is 2. The second kappa shape index (κ2) is 19.3. The van der Waals surface area contributed by atoms with E-state index in [0.29, 0.717) is 22.3 Å². The van der Waals surface area contributed by atoms with Crippen LogP contribution >= 0.6 is 11.6 Å². The lowest BCUT2D eigenvalue weighted by atomic mass is 9.86. The summed E-state index contributed by atoms with van der Waals surface area (Å²) in [6, 6.07) is 7.20. The summed E-state index contributed by atoms with van der Waals surface area (Å²) in [4.78, 5) is 76.4. The lowest BCUT2D eigenvalue weighted by Gasteiger charge is -2.41. The van der Waals surface area contributed by atoms with Gasteiger partial charge in [-0.05, 0) is 89.5 Å². The third-order valence-electron chi connectivity index (χ3n) is 14.7. The van der Waals surface area contributed by atoms with E-state index < -0.39 is 80.9 Å². The van der Waals surface area contributed by atoms with E-state index in [9.17, 15) is 37.5 Å². The molecule has 0 radical (unpaired) electrons. The molecule has 2 aromatic carbocycles. The highest BCUT2D eigenvalue weighted by atomic mass is 35.5. The van der Waals surface area contributed by atoms with Crippen molar-refractivity contribution in [2.45, 2.75) is 90.1 Å². The number of aryl methyl sites for hydroxylation is 1. The van der Waals surface area contributed by atoms with Gasteiger partial charge in [0.15, 0.2) is 11.4 Å². The van der Waals surface area contributed by atoms with E-state index in [4.69, 9.17) is 31.5 Å². The van der Waals surface area contributed by atoms with Gasteiger partial charge in [-0.1, -0.05) is 25.1 Å². The highest BCUT2D eigenvalue weighted by Crippen LogP contribution is 2.45. The maximum absolute atomic E-state index is 17.0. The summed E-state index contributed by atoms with van der Waals surface area (Å²) in [6.45, 7) is 10.9. The number of halogens is 6. The van der Waals surface area contributed by atoms with Gasteiger partial charge in [0, 0.05) is 59.7 Å². The van der Waals surface area contributed by atoms with Crippen molar-refractivity contribution >= 4 is 68.7 Å². The highest BCUT2D eigenvalue weighted by molar-refractivity contribution is 6.34. The first-order chi connectivity index (χ1) is 36.0. The maximum Gasteiger partial charge on any atom is 0.418 e. The normalized spacial score (nSPS) is 19.8. The van der Waals surface area contributed by atoms with Gasteiger partial charge in [-0.2, -0.15) is 23.1 Å². The monoisotopic (exact) mass is 1070 g/mol.